The number of aliphatic carboxylic acids is 1. The Morgan fingerprint density at radius 1 is 1.00 bits per heavy atom. The number of hydrogen-bond donors (Lipinski definition) is 6. The lowest BCUT2D eigenvalue weighted by molar-refractivity contribution is -0.131. The van der Waals surface area contributed by atoms with Gasteiger partial charge < -0.3 is 39.5 Å². The second-order valence-electron chi connectivity index (χ2n) is 2.73. The van der Waals surface area contributed by atoms with E-state index in [0.717, 1.165) is 6.08 Å². The molecule has 0 saturated heterocycles. The molecule has 0 fully saturated rings. The maximum atomic E-state index is 9.25. The first-order valence-corrected chi connectivity index (χ1v) is 6.76. The number of aliphatic hydroxyl groups is 2. The molecule has 0 aliphatic heterocycles. The third-order valence-corrected chi connectivity index (χ3v) is 1.02. The van der Waals surface area contributed by atoms with Crippen molar-refractivity contribution < 1.29 is 48.8 Å². The van der Waals surface area contributed by atoms with Crippen molar-refractivity contribution in [2.24, 2.45) is 0 Å². The Hall–Kier alpha value is -0.840. The summed E-state index contributed by atoms with van der Waals surface area (Å²) < 4.78 is 18.6. The van der Waals surface area contributed by atoms with Crippen LogP contribution in [0.25, 0.3) is 0 Å². The summed E-state index contributed by atoms with van der Waals surface area (Å²) in [4.78, 5) is 30.8. The summed E-state index contributed by atoms with van der Waals surface area (Å²) in [6, 6.07) is 0. The maximum Gasteiger partial charge on any atom is 0.466 e. The summed E-state index contributed by atoms with van der Waals surface area (Å²) in [7, 11) is -4.64. The van der Waals surface area contributed by atoms with Crippen LogP contribution in [-0.4, -0.2) is 75.6 Å². The minimum absolute atomic E-state index is 0.0417. The average molecular weight is 320 g/mol. The lowest BCUT2D eigenvalue weighted by Gasteiger charge is -2.01. The molecule has 20 heavy (non-hydrogen) atoms. The van der Waals surface area contributed by atoms with Gasteiger partial charge in [-0.1, -0.05) is 6.58 Å². The van der Waals surface area contributed by atoms with Crippen LogP contribution in [-0.2, 0) is 18.8 Å². The Bertz CT molecular complexity index is 247. The molecular weight excluding hydrogens is 299 g/mol. The van der Waals surface area contributed by atoms with Gasteiger partial charge in [0.2, 0.25) is 0 Å². The van der Waals surface area contributed by atoms with Crippen LogP contribution in [0.3, 0.4) is 0 Å². The molecule has 0 aliphatic rings. The van der Waals surface area contributed by atoms with Crippen molar-refractivity contribution in [3.8, 4) is 0 Å². The van der Waals surface area contributed by atoms with Crippen LogP contribution in [0, 0.1) is 0 Å². The largest absolute Gasteiger partial charge is 0.478 e. The third kappa shape index (κ3) is 67.3. The molecule has 0 aromatic rings. The van der Waals surface area contributed by atoms with E-state index in [4.69, 9.17) is 44.0 Å². The maximum absolute atomic E-state index is 9.25. The minimum Gasteiger partial charge on any atom is -0.478 e. The van der Waals surface area contributed by atoms with E-state index in [0.29, 0.717) is 26.4 Å². The molecule has 0 amide bonds. The number of phosphoric acid groups is 1. The first-order chi connectivity index (χ1) is 9.18. The van der Waals surface area contributed by atoms with Gasteiger partial charge in [-0.2, -0.15) is 0 Å². The second kappa shape index (κ2) is 18.2. The Morgan fingerprint density at radius 3 is 1.40 bits per heavy atom. The van der Waals surface area contributed by atoms with Crippen LogP contribution >= 0.6 is 7.82 Å². The Morgan fingerprint density at radius 2 is 1.25 bits per heavy atom. The molecule has 6 N–H and O–H groups in total. The fourth-order valence-corrected chi connectivity index (χ4v) is 0.451. The summed E-state index contributed by atoms with van der Waals surface area (Å²) >= 11 is 0. The number of hydrogen-bond acceptors (Lipinski definition) is 6. The lowest BCUT2D eigenvalue weighted by atomic mass is 10.7. The summed E-state index contributed by atoms with van der Waals surface area (Å²) in [5, 5.41) is 24.1. The highest BCUT2D eigenvalue weighted by molar-refractivity contribution is 7.45. The van der Waals surface area contributed by atoms with E-state index < -0.39 is 13.8 Å². The number of carboxylic acid groups (broad SMARTS) is 1. The fourth-order valence-electron chi connectivity index (χ4n) is 0.451. The molecule has 0 atom stereocenters. The number of carbonyl (C=O) groups is 1. The van der Waals surface area contributed by atoms with Crippen LogP contribution in [0.4, 0.5) is 0 Å². The van der Waals surface area contributed by atoms with Crippen molar-refractivity contribution in [2.75, 3.05) is 39.6 Å². The first kappa shape index (κ1) is 24.2. The molecule has 0 saturated carbocycles. The van der Waals surface area contributed by atoms with Crippen LogP contribution in [0.5, 0.6) is 0 Å². The Kier molecular flexibility index (Phi) is 22.0. The van der Waals surface area contributed by atoms with Gasteiger partial charge in [-0.05, 0) is 0 Å². The molecule has 0 bridgehead atoms. The van der Waals surface area contributed by atoms with Crippen molar-refractivity contribution in [1.82, 2.24) is 0 Å². The molecule has 0 aliphatic carbocycles. The third-order valence-electron chi connectivity index (χ3n) is 1.02. The van der Waals surface area contributed by atoms with Gasteiger partial charge in [-0.3, -0.25) is 0 Å². The van der Waals surface area contributed by atoms with E-state index in [-0.39, 0.29) is 13.2 Å². The van der Waals surface area contributed by atoms with Gasteiger partial charge in [0.1, 0.15) is 0 Å². The highest BCUT2D eigenvalue weighted by Gasteiger charge is 2.00. The number of rotatable bonds is 8. The van der Waals surface area contributed by atoms with Gasteiger partial charge in [0.25, 0.3) is 0 Å². The van der Waals surface area contributed by atoms with E-state index in [1.165, 1.54) is 0 Å². The summed E-state index contributed by atoms with van der Waals surface area (Å²) in [6.45, 7) is 4.69. The van der Waals surface area contributed by atoms with E-state index in [2.05, 4.69) is 6.58 Å². The SMILES string of the molecule is C=CC(=O)O.O=P(O)(O)O.OCCOCCOCCO. The Balaban J connectivity index is -0.000000244. The summed E-state index contributed by atoms with van der Waals surface area (Å²) in [6.07, 6.45) is 0.833. The second-order valence-corrected chi connectivity index (χ2v) is 3.75. The quantitative estimate of drug-likeness (QED) is 0.172. The van der Waals surface area contributed by atoms with Crippen LogP contribution in [0.15, 0.2) is 12.7 Å². The van der Waals surface area contributed by atoms with Crippen LogP contribution in [0.1, 0.15) is 0 Å². The molecule has 0 rings (SSSR count). The van der Waals surface area contributed by atoms with Gasteiger partial charge >= 0.3 is 13.8 Å². The van der Waals surface area contributed by atoms with E-state index >= 15 is 0 Å². The lowest BCUT2D eigenvalue weighted by Crippen LogP contribution is -2.09. The van der Waals surface area contributed by atoms with Crippen molar-refractivity contribution in [2.45, 2.75) is 0 Å². The topological polar surface area (TPSA) is 174 Å². The van der Waals surface area contributed by atoms with Crippen molar-refractivity contribution in [1.29, 1.82) is 0 Å². The number of ether oxygens (including phenoxy) is 2. The summed E-state index contributed by atoms with van der Waals surface area (Å²) in [5.74, 6) is -0.981. The van der Waals surface area contributed by atoms with E-state index in [9.17, 15) is 4.79 Å². The average Bonchev–Trinajstić information content (AvgIpc) is 2.32. The minimum atomic E-state index is -4.64. The van der Waals surface area contributed by atoms with Crippen molar-refractivity contribution >= 4 is 13.8 Å². The van der Waals surface area contributed by atoms with Gasteiger partial charge in [0, 0.05) is 6.08 Å². The molecule has 0 unspecified atom stereocenters. The smallest absolute Gasteiger partial charge is 0.466 e. The van der Waals surface area contributed by atoms with Crippen LogP contribution in [0.2, 0.25) is 0 Å². The predicted octanol–water partition coefficient (Wildman–Crippen LogP) is -1.67. The summed E-state index contributed by atoms with van der Waals surface area (Å²) in [5.41, 5.74) is 0. The zero-order valence-corrected chi connectivity index (χ0v) is 11.7. The Labute approximate surface area is 116 Å². The zero-order chi connectivity index (χ0) is 16.4. The van der Waals surface area contributed by atoms with Gasteiger partial charge in [-0.25, -0.2) is 9.36 Å². The first-order valence-electron chi connectivity index (χ1n) is 5.19. The highest BCUT2D eigenvalue weighted by Crippen LogP contribution is 2.25. The molecule has 0 spiro atoms. The van der Waals surface area contributed by atoms with E-state index in [1.54, 1.807) is 0 Å². The number of carboxylic acids is 1. The fraction of sp³-hybridized carbons (Fsp3) is 0.667. The predicted molar refractivity (Wildman–Crippen MR) is 67.9 cm³/mol. The normalized spacial score (nSPS) is 9.65. The molecule has 0 heterocycles. The monoisotopic (exact) mass is 320 g/mol. The molecule has 10 nitrogen and oxygen atoms in total. The van der Waals surface area contributed by atoms with Gasteiger partial charge in [0.05, 0.1) is 39.6 Å². The molecule has 11 heteroatoms. The molecule has 0 radical (unpaired) electrons. The zero-order valence-electron chi connectivity index (χ0n) is 10.8. The van der Waals surface area contributed by atoms with E-state index in [1.807, 2.05) is 0 Å². The van der Waals surface area contributed by atoms with Crippen LogP contribution < -0.4 is 0 Å². The molecule has 0 aromatic carbocycles. The molecule has 122 valence electrons. The number of aliphatic hydroxyl groups excluding tert-OH is 2. The molecular formula is C9H21O10P. The van der Waals surface area contributed by atoms with Gasteiger partial charge in [0.15, 0.2) is 0 Å². The van der Waals surface area contributed by atoms with Crippen molar-refractivity contribution in [3.05, 3.63) is 12.7 Å². The van der Waals surface area contributed by atoms with Crippen molar-refractivity contribution in [3.63, 3.8) is 0 Å². The highest BCUT2D eigenvalue weighted by atomic mass is 31.2. The van der Waals surface area contributed by atoms with Gasteiger partial charge in [-0.15, -0.1) is 0 Å². The molecule has 0 aromatic heterocycles. The standard InChI is InChI=1S/C6H14O4.C3H4O2.H3O4P/c7-1-3-9-5-6-10-4-2-8;1-2-3(4)5;1-5(2,3)4/h7-8H,1-6H2;2H,1H2,(H,4,5);(H3,1,2,3,4).